The third-order valence-electron chi connectivity index (χ3n) is 2.41. The number of thiocarbonyl (C=S) groups is 1. The van der Waals surface area contributed by atoms with Crippen LogP contribution in [0, 0.1) is 5.92 Å². The molecule has 96 valence electrons. The van der Waals surface area contributed by atoms with Crippen molar-refractivity contribution < 1.29 is 0 Å². The zero-order chi connectivity index (χ0) is 13.0. The van der Waals surface area contributed by atoms with Crippen molar-refractivity contribution in [3.63, 3.8) is 0 Å². The highest BCUT2D eigenvalue weighted by atomic mass is 79.9. The summed E-state index contributed by atoms with van der Waals surface area (Å²) >= 11 is 8.81. The zero-order valence-electron chi connectivity index (χ0n) is 10.7. The second kappa shape index (κ2) is 6.35. The standard InChI is InChI=1S/C11H19BrN4S/c1-8(2)5-13-11(17)15(3)7-10-9(12)6-14-16(10)4/h6,8H,5,7H2,1-4H3,(H,13,17). The summed E-state index contributed by atoms with van der Waals surface area (Å²) < 4.78 is 2.87. The molecule has 0 spiro atoms. The van der Waals surface area contributed by atoms with Crippen molar-refractivity contribution in [1.29, 1.82) is 0 Å². The van der Waals surface area contributed by atoms with Crippen LogP contribution < -0.4 is 5.32 Å². The molecular formula is C11H19BrN4S. The van der Waals surface area contributed by atoms with Gasteiger partial charge in [0, 0.05) is 20.6 Å². The number of hydrogen-bond acceptors (Lipinski definition) is 2. The summed E-state index contributed by atoms with van der Waals surface area (Å²) in [6.45, 7) is 5.96. The minimum absolute atomic E-state index is 0.588. The van der Waals surface area contributed by atoms with E-state index in [1.807, 2.05) is 23.7 Å². The number of nitrogens with zero attached hydrogens (tertiary/aromatic N) is 3. The Morgan fingerprint density at radius 1 is 1.65 bits per heavy atom. The Kier molecular flexibility index (Phi) is 5.39. The first-order valence-electron chi connectivity index (χ1n) is 5.57. The van der Waals surface area contributed by atoms with Gasteiger partial charge in [0.2, 0.25) is 0 Å². The summed E-state index contributed by atoms with van der Waals surface area (Å²) in [5.74, 6) is 0.588. The van der Waals surface area contributed by atoms with E-state index in [-0.39, 0.29) is 0 Å². The van der Waals surface area contributed by atoms with Gasteiger partial charge in [-0.2, -0.15) is 5.10 Å². The minimum Gasteiger partial charge on any atom is -0.362 e. The number of hydrogen-bond donors (Lipinski definition) is 1. The summed E-state index contributed by atoms with van der Waals surface area (Å²) in [4.78, 5) is 2.01. The SMILES string of the molecule is CC(C)CNC(=S)N(C)Cc1c(Br)cnn1C. The van der Waals surface area contributed by atoms with Crippen molar-refractivity contribution in [2.45, 2.75) is 20.4 Å². The molecule has 0 aliphatic rings. The first-order valence-corrected chi connectivity index (χ1v) is 6.77. The molecule has 0 radical (unpaired) electrons. The fourth-order valence-corrected chi connectivity index (χ4v) is 1.96. The molecule has 0 saturated carbocycles. The van der Waals surface area contributed by atoms with Crippen LogP contribution in [0.1, 0.15) is 19.5 Å². The van der Waals surface area contributed by atoms with E-state index in [0.29, 0.717) is 5.92 Å². The number of aryl methyl sites for hydroxylation is 1. The number of nitrogens with one attached hydrogen (secondary N) is 1. The van der Waals surface area contributed by atoms with Crippen LogP contribution in [0.5, 0.6) is 0 Å². The van der Waals surface area contributed by atoms with Gasteiger partial charge in [-0.25, -0.2) is 0 Å². The molecule has 1 aromatic heterocycles. The van der Waals surface area contributed by atoms with E-state index >= 15 is 0 Å². The molecule has 0 unspecified atom stereocenters. The Morgan fingerprint density at radius 3 is 2.76 bits per heavy atom. The number of aromatic nitrogens is 2. The summed E-state index contributed by atoms with van der Waals surface area (Å²) in [6.07, 6.45) is 1.80. The lowest BCUT2D eigenvalue weighted by molar-refractivity contribution is 0.459. The Balaban J connectivity index is 2.54. The predicted molar refractivity (Wildman–Crippen MR) is 77.8 cm³/mol. The van der Waals surface area contributed by atoms with Gasteiger partial charge in [0.15, 0.2) is 5.11 Å². The average molecular weight is 319 g/mol. The molecule has 1 heterocycles. The van der Waals surface area contributed by atoms with Gasteiger partial charge in [0.05, 0.1) is 22.9 Å². The third-order valence-corrected chi connectivity index (χ3v) is 3.52. The van der Waals surface area contributed by atoms with Crippen LogP contribution in [0.3, 0.4) is 0 Å². The number of rotatable bonds is 4. The van der Waals surface area contributed by atoms with Gasteiger partial charge in [-0.1, -0.05) is 13.8 Å². The van der Waals surface area contributed by atoms with Crippen molar-refractivity contribution in [2.24, 2.45) is 13.0 Å². The van der Waals surface area contributed by atoms with E-state index in [1.165, 1.54) is 0 Å². The van der Waals surface area contributed by atoms with Gasteiger partial charge in [0.25, 0.3) is 0 Å². The molecule has 0 aliphatic carbocycles. The maximum absolute atomic E-state index is 5.32. The first-order chi connectivity index (χ1) is 7.91. The van der Waals surface area contributed by atoms with Crippen LogP contribution in [-0.4, -0.2) is 33.4 Å². The molecule has 17 heavy (non-hydrogen) atoms. The third kappa shape index (κ3) is 4.27. The predicted octanol–water partition coefficient (Wildman–Crippen LogP) is 2.14. The first kappa shape index (κ1) is 14.4. The Labute approximate surface area is 116 Å². The molecule has 1 rings (SSSR count). The van der Waals surface area contributed by atoms with Crippen LogP contribution in [-0.2, 0) is 13.6 Å². The van der Waals surface area contributed by atoms with Gasteiger partial charge in [0.1, 0.15) is 0 Å². The summed E-state index contributed by atoms with van der Waals surface area (Å²) in [6, 6.07) is 0. The molecule has 0 aromatic carbocycles. The Hall–Kier alpha value is -0.620. The van der Waals surface area contributed by atoms with E-state index in [1.54, 1.807) is 6.20 Å². The lowest BCUT2D eigenvalue weighted by Gasteiger charge is -2.22. The summed E-state index contributed by atoms with van der Waals surface area (Å²) in [7, 11) is 3.91. The van der Waals surface area contributed by atoms with Crippen molar-refractivity contribution in [3.8, 4) is 0 Å². The maximum atomic E-state index is 5.32. The smallest absolute Gasteiger partial charge is 0.169 e. The quantitative estimate of drug-likeness (QED) is 0.862. The molecule has 0 atom stereocenters. The average Bonchev–Trinajstić information content (AvgIpc) is 2.57. The van der Waals surface area contributed by atoms with Gasteiger partial charge < -0.3 is 10.2 Å². The second-order valence-electron chi connectivity index (χ2n) is 4.50. The molecule has 1 N–H and O–H groups in total. The van der Waals surface area contributed by atoms with E-state index in [2.05, 4.69) is 40.2 Å². The molecule has 6 heteroatoms. The van der Waals surface area contributed by atoms with Gasteiger partial charge in [-0.15, -0.1) is 0 Å². The minimum atomic E-state index is 0.588. The topological polar surface area (TPSA) is 33.1 Å². The van der Waals surface area contributed by atoms with Crippen molar-refractivity contribution >= 4 is 33.3 Å². The second-order valence-corrected chi connectivity index (χ2v) is 5.74. The lowest BCUT2D eigenvalue weighted by atomic mass is 10.2. The van der Waals surface area contributed by atoms with E-state index < -0.39 is 0 Å². The molecular weight excluding hydrogens is 300 g/mol. The highest BCUT2D eigenvalue weighted by Crippen LogP contribution is 2.16. The van der Waals surface area contributed by atoms with Crippen LogP contribution in [0.4, 0.5) is 0 Å². The van der Waals surface area contributed by atoms with E-state index in [9.17, 15) is 0 Å². The molecule has 0 aliphatic heterocycles. The van der Waals surface area contributed by atoms with Crippen LogP contribution in [0.15, 0.2) is 10.7 Å². The van der Waals surface area contributed by atoms with E-state index in [0.717, 1.165) is 28.4 Å². The zero-order valence-corrected chi connectivity index (χ0v) is 13.1. The number of halogens is 1. The highest BCUT2D eigenvalue weighted by molar-refractivity contribution is 9.10. The highest BCUT2D eigenvalue weighted by Gasteiger charge is 2.11. The molecule has 1 aromatic rings. The molecule has 4 nitrogen and oxygen atoms in total. The maximum Gasteiger partial charge on any atom is 0.169 e. The van der Waals surface area contributed by atoms with Crippen molar-refractivity contribution in [3.05, 3.63) is 16.4 Å². The van der Waals surface area contributed by atoms with Crippen molar-refractivity contribution in [1.82, 2.24) is 20.0 Å². The van der Waals surface area contributed by atoms with Gasteiger partial charge in [-0.05, 0) is 34.1 Å². The summed E-state index contributed by atoms with van der Waals surface area (Å²) in [5, 5.41) is 8.20. The monoisotopic (exact) mass is 318 g/mol. The van der Waals surface area contributed by atoms with Crippen LogP contribution >= 0.6 is 28.1 Å². The van der Waals surface area contributed by atoms with Gasteiger partial charge in [-0.3, -0.25) is 4.68 Å². The molecule has 0 fully saturated rings. The largest absolute Gasteiger partial charge is 0.362 e. The van der Waals surface area contributed by atoms with Gasteiger partial charge >= 0.3 is 0 Å². The molecule has 0 amide bonds. The Bertz CT molecular complexity index is 369. The van der Waals surface area contributed by atoms with Crippen LogP contribution in [0.2, 0.25) is 0 Å². The van der Waals surface area contributed by atoms with Crippen LogP contribution in [0.25, 0.3) is 0 Å². The lowest BCUT2D eigenvalue weighted by Crippen LogP contribution is -2.38. The molecule has 0 saturated heterocycles. The fourth-order valence-electron chi connectivity index (χ4n) is 1.34. The molecule has 0 bridgehead atoms. The summed E-state index contributed by atoms with van der Waals surface area (Å²) in [5.41, 5.74) is 1.11. The van der Waals surface area contributed by atoms with Crippen molar-refractivity contribution in [2.75, 3.05) is 13.6 Å². The fraction of sp³-hybridized carbons (Fsp3) is 0.636. The van der Waals surface area contributed by atoms with E-state index in [4.69, 9.17) is 12.2 Å². The normalized spacial score (nSPS) is 10.7. The Morgan fingerprint density at radius 2 is 2.29 bits per heavy atom.